The average molecular weight is 330 g/mol. The first-order valence-electron chi connectivity index (χ1n) is 8.24. The Bertz CT molecular complexity index is 780. The van der Waals surface area contributed by atoms with Crippen molar-refractivity contribution in [2.75, 3.05) is 0 Å². The van der Waals surface area contributed by atoms with Crippen LogP contribution in [0.15, 0.2) is 35.4 Å². The molecule has 1 aliphatic rings. The van der Waals surface area contributed by atoms with E-state index in [1.165, 1.54) is 10.6 Å². The van der Waals surface area contributed by atoms with E-state index < -0.39 is 0 Å². The SMILES string of the molecule is CCn1cc(O[C@@H]2CCC[C@@H]2NC(=O)c2cccc(=O)n2C)cn1. The topological polar surface area (TPSA) is 78.1 Å². The van der Waals surface area contributed by atoms with Crippen molar-refractivity contribution in [2.45, 2.75) is 44.9 Å². The Morgan fingerprint density at radius 3 is 3.00 bits per heavy atom. The molecule has 0 spiro atoms. The highest BCUT2D eigenvalue weighted by Crippen LogP contribution is 2.24. The molecule has 24 heavy (non-hydrogen) atoms. The lowest BCUT2D eigenvalue weighted by Crippen LogP contribution is -2.43. The number of amides is 1. The summed E-state index contributed by atoms with van der Waals surface area (Å²) < 4.78 is 9.15. The molecule has 2 aromatic heterocycles. The fourth-order valence-corrected chi connectivity index (χ4v) is 3.02. The number of nitrogens with zero attached hydrogens (tertiary/aromatic N) is 3. The molecule has 0 radical (unpaired) electrons. The Labute approximate surface area is 140 Å². The van der Waals surface area contributed by atoms with Crippen molar-refractivity contribution < 1.29 is 9.53 Å². The maximum absolute atomic E-state index is 12.5. The van der Waals surface area contributed by atoms with Crippen molar-refractivity contribution in [3.8, 4) is 5.75 Å². The number of aryl methyl sites for hydroxylation is 1. The van der Waals surface area contributed by atoms with Crippen LogP contribution in [0.2, 0.25) is 0 Å². The quantitative estimate of drug-likeness (QED) is 0.897. The minimum atomic E-state index is -0.250. The van der Waals surface area contributed by atoms with Gasteiger partial charge in [-0.2, -0.15) is 5.10 Å². The van der Waals surface area contributed by atoms with Gasteiger partial charge in [0.15, 0.2) is 5.75 Å². The van der Waals surface area contributed by atoms with Crippen molar-refractivity contribution in [1.29, 1.82) is 0 Å². The number of carbonyl (C=O) groups is 1. The summed E-state index contributed by atoms with van der Waals surface area (Å²) in [6.07, 6.45) is 6.21. The van der Waals surface area contributed by atoms with E-state index in [0.29, 0.717) is 5.69 Å². The minimum Gasteiger partial charge on any atom is -0.485 e. The van der Waals surface area contributed by atoms with Gasteiger partial charge in [-0.1, -0.05) is 6.07 Å². The number of carbonyl (C=O) groups excluding carboxylic acids is 1. The molecule has 7 heteroatoms. The van der Waals surface area contributed by atoms with Crippen LogP contribution >= 0.6 is 0 Å². The van der Waals surface area contributed by atoms with Gasteiger partial charge in [-0.25, -0.2) is 0 Å². The predicted octanol–water partition coefficient (Wildman–Crippen LogP) is 1.33. The Balaban J connectivity index is 1.68. The van der Waals surface area contributed by atoms with Gasteiger partial charge in [-0.05, 0) is 32.3 Å². The first kappa shape index (κ1) is 16.3. The van der Waals surface area contributed by atoms with E-state index in [9.17, 15) is 9.59 Å². The third kappa shape index (κ3) is 3.34. The van der Waals surface area contributed by atoms with Crippen molar-refractivity contribution in [3.05, 3.63) is 46.6 Å². The monoisotopic (exact) mass is 330 g/mol. The fourth-order valence-electron chi connectivity index (χ4n) is 3.02. The zero-order valence-electron chi connectivity index (χ0n) is 13.9. The van der Waals surface area contributed by atoms with Crippen LogP contribution in [0.4, 0.5) is 0 Å². The van der Waals surface area contributed by atoms with E-state index >= 15 is 0 Å². The largest absolute Gasteiger partial charge is 0.485 e. The molecule has 1 amide bonds. The van der Waals surface area contributed by atoms with Crippen LogP contribution < -0.4 is 15.6 Å². The Hall–Kier alpha value is -2.57. The lowest BCUT2D eigenvalue weighted by atomic mass is 10.2. The number of hydrogen-bond acceptors (Lipinski definition) is 4. The van der Waals surface area contributed by atoms with Gasteiger partial charge in [0.1, 0.15) is 11.8 Å². The lowest BCUT2D eigenvalue weighted by molar-refractivity contribution is 0.0884. The van der Waals surface area contributed by atoms with Crippen molar-refractivity contribution >= 4 is 5.91 Å². The number of rotatable bonds is 5. The van der Waals surface area contributed by atoms with Crippen LogP contribution in [-0.4, -0.2) is 32.4 Å². The van der Waals surface area contributed by atoms with Crippen LogP contribution in [0, 0.1) is 0 Å². The van der Waals surface area contributed by atoms with Crippen molar-refractivity contribution in [1.82, 2.24) is 19.7 Å². The average Bonchev–Trinajstić information content (AvgIpc) is 3.20. The summed E-state index contributed by atoms with van der Waals surface area (Å²) in [5, 5.41) is 7.20. The second-order valence-electron chi connectivity index (χ2n) is 6.01. The summed E-state index contributed by atoms with van der Waals surface area (Å²) in [4.78, 5) is 24.1. The van der Waals surface area contributed by atoms with Gasteiger partial charge in [0.05, 0.1) is 18.4 Å². The van der Waals surface area contributed by atoms with Crippen LogP contribution in [-0.2, 0) is 13.6 Å². The van der Waals surface area contributed by atoms with Crippen molar-refractivity contribution in [2.24, 2.45) is 7.05 Å². The summed E-state index contributed by atoms with van der Waals surface area (Å²) in [6.45, 7) is 2.80. The van der Waals surface area contributed by atoms with E-state index in [1.807, 2.05) is 13.1 Å². The van der Waals surface area contributed by atoms with Gasteiger partial charge in [0.2, 0.25) is 0 Å². The van der Waals surface area contributed by atoms with E-state index in [4.69, 9.17) is 4.74 Å². The second-order valence-corrected chi connectivity index (χ2v) is 6.01. The molecule has 1 aliphatic carbocycles. The third-order valence-electron chi connectivity index (χ3n) is 4.41. The maximum Gasteiger partial charge on any atom is 0.268 e. The second kappa shape index (κ2) is 6.90. The first-order chi connectivity index (χ1) is 11.6. The molecule has 128 valence electrons. The smallest absolute Gasteiger partial charge is 0.268 e. The van der Waals surface area contributed by atoms with Crippen LogP contribution in [0.25, 0.3) is 0 Å². The Kier molecular flexibility index (Phi) is 4.69. The number of ether oxygens (including phenoxy) is 1. The van der Waals surface area contributed by atoms with Crippen LogP contribution in [0.3, 0.4) is 0 Å². The van der Waals surface area contributed by atoms with E-state index in [2.05, 4.69) is 10.4 Å². The van der Waals surface area contributed by atoms with Gasteiger partial charge < -0.3 is 14.6 Å². The fraction of sp³-hybridized carbons (Fsp3) is 0.471. The third-order valence-corrected chi connectivity index (χ3v) is 4.41. The highest BCUT2D eigenvalue weighted by Gasteiger charge is 2.31. The molecular weight excluding hydrogens is 308 g/mol. The molecule has 2 aromatic rings. The highest BCUT2D eigenvalue weighted by atomic mass is 16.5. The van der Waals surface area contributed by atoms with Gasteiger partial charge in [0.25, 0.3) is 11.5 Å². The summed E-state index contributed by atoms with van der Waals surface area (Å²) in [5.74, 6) is 0.468. The standard InChI is InChI=1S/C17H22N4O3/c1-3-21-11-12(10-18-21)24-15-8-4-6-13(15)19-17(23)14-7-5-9-16(22)20(14)2/h5,7,9-11,13,15H,3-4,6,8H2,1-2H3,(H,19,23)/t13-,15+/m0/s1. The molecule has 0 unspecified atom stereocenters. The van der Waals surface area contributed by atoms with Gasteiger partial charge in [0, 0.05) is 19.7 Å². The molecule has 0 aliphatic heterocycles. The Morgan fingerprint density at radius 1 is 1.42 bits per heavy atom. The molecule has 1 N–H and O–H groups in total. The van der Waals surface area contributed by atoms with E-state index in [0.717, 1.165) is 31.6 Å². The number of pyridine rings is 1. The minimum absolute atomic E-state index is 0.0715. The van der Waals surface area contributed by atoms with Gasteiger partial charge in [-0.15, -0.1) is 0 Å². The summed E-state index contributed by atoms with van der Waals surface area (Å²) in [7, 11) is 1.60. The molecular formula is C17H22N4O3. The number of nitrogens with one attached hydrogen (secondary N) is 1. The first-order valence-corrected chi connectivity index (χ1v) is 8.24. The van der Waals surface area contributed by atoms with Crippen molar-refractivity contribution in [3.63, 3.8) is 0 Å². The number of hydrogen-bond donors (Lipinski definition) is 1. The van der Waals surface area contributed by atoms with E-state index in [1.54, 1.807) is 30.1 Å². The van der Waals surface area contributed by atoms with Crippen LogP contribution in [0.1, 0.15) is 36.7 Å². The van der Waals surface area contributed by atoms with E-state index in [-0.39, 0.29) is 23.6 Å². The number of aromatic nitrogens is 3. The summed E-state index contributed by atoms with van der Waals surface area (Å²) in [5.41, 5.74) is 0.154. The summed E-state index contributed by atoms with van der Waals surface area (Å²) >= 11 is 0. The maximum atomic E-state index is 12.5. The zero-order valence-corrected chi connectivity index (χ0v) is 13.9. The molecule has 2 atom stereocenters. The van der Waals surface area contributed by atoms with Gasteiger partial charge >= 0.3 is 0 Å². The normalized spacial score (nSPS) is 20.1. The molecule has 0 bridgehead atoms. The zero-order chi connectivity index (χ0) is 17.1. The molecule has 1 fully saturated rings. The summed E-state index contributed by atoms with van der Waals surface area (Å²) in [6, 6.07) is 4.60. The molecule has 3 rings (SSSR count). The molecule has 0 aromatic carbocycles. The highest BCUT2D eigenvalue weighted by molar-refractivity contribution is 5.92. The predicted molar refractivity (Wildman–Crippen MR) is 89.1 cm³/mol. The van der Waals surface area contributed by atoms with Crippen LogP contribution in [0.5, 0.6) is 5.75 Å². The van der Waals surface area contributed by atoms with Gasteiger partial charge in [-0.3, -0.25) is 14.3 Å². The molecule has 2 heterocycles. The molecule has 7 nitrogen and oxygen atoms in total. The molecule has 0 saturated heterocycles. The Morgan fingerprint density at radius 2 is 2.25 bits per heavy atom. The molecule has 1 saturated carbocycles. The lowest BCUT2D eigenvalue weighted by Gasteiger charge is -2.22.